The van der Waals surface area contributed by atoms with E-state index in [1.54, 1.807) is 11.8 Å². The molecule has 11 heteroatoms. The molecule has 2 aromatic heterocycles. The van der Waals surface area contributed by atoms with E-state index in [1.165, 1.54) is 23.5 Å². The minimum Gasteiger partial charge on any atom is -0.454 e. The Morgan fingerprint density at radius 2 is 2.11 bits per heavy atom. The van der Waals surface area contributed by atoms with Crippen LogP contribution in [0, 0.1) is 10.1 Å². The highest BCUT2D eigenvalue weighted by Gasteiger charge is 2.19. The van der Waals surface area contributed by atoms with E-state index in [1.807, 2.05) is 23.0 Å². The van der Waals surface area contributed by atoms with Gasteiger partial charge in [-0.2, -0.15) is 16.8 Å². The predicted octanol–water partition coefficient (Wildman–Crippen LogP) is 3.51. The first-order valence-corrected chi connectivity index (χ1v) is 10.8. The number of hydrogen-bond donors (Lipinski definition) is 0. The molecule has 0 fully saturated rings. The maximum atomic E-state index is 12.5. The van der Waals surface area contributed by atoms with E-state index in [4.69, 9.17) is 9.47 Å². The summed E-state index contributed by atoms with van der Waals surface area (Å²) in [7, 11) is 0. The minimum atomic E-state index is -0.513. The van der Waals surface area contributed by atoms with E-state index in [0.717, 1.165) is 27.3 Å². The summed E-state index contributed by atoms with van der Waals surface area (Å²) in [6.07, 6.45) is 2.01. The SMILES string of the molecule is CSCCn1c(=NC(=O)c2ccc([N+](=O)[O-])s2)sc2cc3c(cc21)OCO3. The van der Waals surface area contributed by atoms with Crippen molar-refractivity contribution < 1.29 is 19.2 Å². The number of nitro groups is 1. The molecule has 0 unspecified atom stereocenters. The molecular formula is C16H13N3O5S3. The first-order chi connectivity index (χ1) is 13.1. The van der Waals surface area contributed by atoms with Crippen LogP contribution in [-0.4, -0.2) is 34.2 Å². The Bertz CT molecular complexity index is 1110. The Morgan fingerprint density at radius 3 is 2.81 bits per heavy atom. The topological polar surface area (TPSA) is 96.0 Å². The number of nitrogens with zero attached hydrogens (tertiary/aromatic N) is 3. The zero-order valence-electron chi connectivity index (χ0n) is 14.0. The highest BCUT2D eigenvalue weighted by atomic mass is 32.2. The van der Waals surface area contributed by atoms with E-state index in [0.29, 0.717) is 22.8 Å². The minimum absolute atomic E-state index is 0.0779. The maximum Gasteiger partial charge on any atom is 0.324 e. The third-order valence-corrected chi connectivity index (χ3v) is 6.53. The first kappa shape index (κ1) is 18.0. The molecule has 3 aromatic rings. The summed E-state index contributed by atoms with van der Waals surface area (Å²) in [5.74, 6) is 1.71. The van der Waals surface area contributed by atoms with Gasteiger partial charge in [-0.25, -0.2) is 0 Å². The number of ether oxygens (including phenoxy) is 2. The zero-order valence-corrected chi connectivity index (χ0v) is 16.5. The summed E-state index contributed by atoms with van der Waals surface area (Å²) in [6.45, 7) is 0.877. The molecule has 0 bridgehead atoms. The summed E-state index contributed by atoms with van der Waals surface area (Å²) < 4.78 is 13.8. The van der Waals surface area contributed by atoms with Crippen molar-refractivity contribution in [3.63, 3.8) is 0 Å². The molecule has 0 aliphatic carbocycles. The van der Waals surface area contributed by atoms with Gasteiger partial charge in [0.2, 0.25) is 6.79 Å². The van der Waals surface area contributed by atoms with E-state index in [2.05, 4.69) is 4.99 Å². The number of benzene rings is 1. The van der Waals surface area contributed by atoms with Gasteiger partial charge in [-0.15, -0.1) is 0 Å². The number of amides is 1. The standard InChI is InChI=1S/C16H13N3O5S3/c1-25-5-4-18-9-6-10-11(24-8-23-10)7-13(9)27-16(18)17-15(20)12-2-3-14(26-12)19(21)22/h2-3,6-7H,4-5,8H2,1H3. The molecule has 0 saturated carbocycles. The zero-order chi connectivity index (χ0) is 19.0. The van der Waals surface area contributed by atoms with Gasteiger partial charge in [-0.1, -0.05) is 22.7 Å². The Hall–Kier alpha value is -2.37. The molecule has 1 amide bonds. The number of fused-ring (bicyclic) bond motifs is 2. The van der Waals surface area contributed by atoms with Crippen LogP contribution in [0.3, 0.4) is 0 Å². The average molecular weight is 423 g/mol. The lowest BCUT2D eigenvalue weighted by atomic mass is 10.3. The summed E-state index contributed by atoms with van der Waals surface area (Å²) in [4.78, 5) is 27.9. The van der Waals surface area contributed by atoms with Crippen molar-refractivity contribution in [2.24, 2.45) is 4.99 Å². The van der Waals surface area contributed by atoms with Gasteiger partial charge in [0.25, 0.3) is 5.91 Å². The van der Waals surface area contributed by atoms with Crippen LogP contribution < -0.4 is 14.3 Å². The third kappa shape index (κ3) is 3.45. The summed E-state index contributed by atoms with van der Waals surface area (Å²) in [6, 6.07) is 6.54. The average Bonchev–Trinajstić information content (AvgIpc) is 3.36. The van der Waals surface area contributed by atoms with Crippen molar-refractivity contribution in [2.45, 2.75) is 6.54 Å². The van der Waals surface area contributed by atoms with Gasteiger partial charge >= 0.3 is 5.00 Å². The fraction of sp³-hybridized carbons (Fsp3) is 0.250. The van der Waals surface area contributed by atoms with Crippen LogP contribution in [0.2, 0.25) is 0 Å². The quantitative estimate of drug-likeness (QED) is 0.460. The molecule has 3 heterocycles. The fourth-order valence-electron chi connectivity index (χ4n) is 2.63. The van der Waals surface area contributed by atoms with Gasteiger partial charge in [0.05, 0.1) is 15.1 Å². The Balaban J connectivity index is 1.80. The number of aryl methyl sites for hydroxylation is 1. The van der Waals surface area contributed by atoms with Crippen molar-refractivity contribution in [2.75, 3.05) is 18.8 Å². The molecule has 140 valence electrons. The second kappa shape index (κ2) is 7.33. The van der Waals surface area contributed by atoms with Crippen LogP contribution in [0.15, 0.2) is 29.3 Å². The van der Waals surface area contributed by atoms with Crippen molar-refractivity contribution in [3.8, 4) is 11.5 Å². The highest BCUT2D eigenvalue weighted by Crippen LogP contribution is 2.37. The molecule has 1 aromatic carbocycles. The second-order valence-corrected chi connectivity index (χ2v) is 8.57. The molecule has 8 nitrogen and oxygen atoms in total. The Morgan fingerprint density at radius 1 is 1.33 bits per heavy atom. The monoisotopic (exact) mass is 423 g/mol. The largest absolute Gasteiger partial charge is 0.454 e. The maximum absolute atomic E-state index is 12.5. The number of carbonyl (C=O) groups excluding carboxylic acids is 1. The van der Waals surface area contributed by atoms with E-state index < -0.39 is 10.8 Å². The Kier molecular flexibility index (Phi) is 4.89. The van der Waals surface area contributed by atoms with E-state index in [9.17, 15) is 14.9 Å². The molecule has 0 N–H and O–H groups in total. The van der Waals surface area contributed by atoms with Crippen LogP contribution >= 0.6 is 34.4 Å². The van der Waals surface area contributed by atoms with Crippen LogP contribution in [0.25, 0.3) is 10.2 Å². The molecule has 4 rings (SSSR count). The number of thiophene rings is 1. The van der Waals surface area contributed by atoms with Crippen LogP contribution in [0.4, 0.5) is 5.00 Å². The van der Waals surface area contributed by atoms with Gasteiger partial charge in [-0.05, 0) is 12.3 Å². The van der Waals surface area contributed by atoms with E-state index in [-0.39, 0.29) is 16.7 Å². The van der Waals surface area contributed by atoms with Gasteiger partial charge in [0, 0.05) is 30.5 Å². The molecule has 1 aliphatic heterocycles. The highest BCUT2D eigenvalue weighted by molar-refractivity contribution is 7.98. The number of hydrogen-bond acceptors (Lipinski definition) is 8. The van der Waals surface area contributed by atoms with E-state index >= 15 is 0 Å². The van der Waals surface area contributed by atoms with Gasteiger partial charge < -0.3 is 14.0 Å². The molecule has 0 spiro atoms. The lowest BCUT2D eigenvalue weighted by molar-refractivity contribution is -0.380. The van der Waals surface area contributed by atoms with Gasteiger partial charge in [0.1, 0.15) is 4.88 Å². The van der Waals surface area contributed by atoms with Gasteiger partial charge in [-0.3, -0.25) is 14.9 Å². The molecule has 1 aliphatic rings. The molecule has 0 radical (unpaired) electrons. The summed E-state index contributed by atoms with van der Waals surface area (Å²) in [5, 5.41) is 10.8. The molecule has 0 atom stereocenters. The van der Waals surface area contributed by atoms with Crippen molar-refractivity contribution in [1.29, 1.82) is 0 Å². The lowest BCUT2D eigenvalue weighted by Gasteiger charge is -2.04. The predicted molar refractivity (Wildman–Crippen MR) is 105 cm³/mol. The van der Waals surface area contributed by atoms with Crippen LogP contribution in [0.1, 0.15) is 9.67 Å². The smallest absolute Gasteiger partial charge is 0.324 e. The summed E-state index contributed by atoms with van der Waals surface area (Å²) >= 11 is 3.90. The first-order valence-electron chi connectivity index (χ1n) is 7.82. The number of aromatic nitrogens is 1. The van der Waals surface area contributed by atoms with Crippen LogP contribution in [0.5, 0.6) is 11.5 Å². The lowest BCUT2D eigenvalue weighted by Crippen LogP contribution is -2.18. The molecular weight excluding hydrogens is 410 g/mol. The van der Waals surface area contributed by atoms with Crippen LogP contribution in [-0.2, 0) is 6.54 Å². The van der Waals surface area contributed by atoms with Crippen molar-refractivity contribution in [3.05, 3.63) is 44.1 Å². The molecule has 0 saturated heterocycles. The Labute approximate surface area is 165 Å². The number of rotatable bonds is 5. The number of carbonyl (C=O) groups is 1. The number of thiazole rings is 1. The second-order valence-electron chi connectivity index (χ2n) is 5.51. The van der Waals surface area contributed by atoms with Gasteiger partial charge in [0.15, 0.2) is 16.3 Å². The number of thioether (sulfide) groups is 1. The summed E-state index contributed by atoms with van der Waals surface area (Å²) in [5.41, 5.74) is 0.919. The normalized spacial score (nSPS) is 13.4. The molecule has 27 heavy (non-hydrogen) atoms. The third-order valence-electron chi connectivity index (χ3n) is 3.88. The van der Waals surface area contributed by atoms with Crippen molar-refractivity contribution in [1.82, 2.24) is 4.57 Å². The fourth-order valence-corrected chi connectivity index (χ4v) is 4.76. The van der Waals surface area contributed by atoms with Crippen molar-refractivity contribution >= 4 is 55.6 Å².